The Labute approximate surface area is 95.0 Å². The van der Waals surface area contributed by atoms with Crippen molar-refractivity contribution in [3.05, 3.63) is 0 Å². The summed E-state index contributed by atoms with van der Waals surface area (Å²) in [5, 5.41) is 3.65. The van der Waals surface area contributed by atoms with Crippen LogP contribution in [-0.2, 0) is 0 Å². The molecule has 1 aliphatic carbocycles. The van der Waals surface area contributed by atoms with Crippen molar-refractivity contribution in [3.63, 3.8) is 0 Å². The maximum Gasteiger partial charge on any atom is 0.0215 e. The second kappa shape index (κ2) is 6.49. The number of rotatable bonds is 8. The molecule has 1 aliphatic rings. The van der Waals surface area contributed by atoms with E-state index in [0.717, 1.165) is 24.9 Å². The molecule has 90 valence electrons. The molecule has 2 heteroatoms. The van der Waals surface area contributed by atoms with Crippen molar-refractivity contribution in [1.29, 1.82) is 0 Å². The second-order valence-electron chi connectivity index (χ2n) is 5.33. The van der Waals surface area contributed by atoms with Crippen LogP contribution in [0.15, 0.2) is 0 Å². The van der Waals surface area contributed by atoms with E-state index in [1.54, 1.807) is 0 Å². The molecule has 0 amide bonds. The minimum Gasteiger partial charge on any atom is -0.329 e. The van der Waals surface area contributed by atoms with Crippen molar-refractivity contribution in [1.82, 2.24) is 5.32 Å². The van der Waals surface area contributed by atoms with Gasteiger partial charge in [-0.25, -0.2) is 0 Å². The van der Waals surface area contributed by atoms with Crippen LogP contribution in [0.5, 0.6) is 0 Å². The van der Waals surface area contributed by atoms with Crippen molar-refractivity contribution in [2.24, 2.45) is 23.5 Å². The average Bonchev–Trinajstić information content (AvgIpc) is 3.02. The molecule has 0 saturated heterocycles. The summed E-state index contributed by atoms with van der Waals surface area (Å²) in [7, 11) is 0. The van der Waals surface area contributed by atoms with Gasteiger partial charge in [0.05, 0.1) is 0 Å². The topological polar surface area (TPSA) is 38.0 Å². The van der Waals surface area contributed by atoms with Gasteiger partial charge in [0.25, 0.3) is 0 Å². The molecule has 1 fully saturated rings. The standard InChI is InChI=1S/C13H28N2/c1-4-5-10(2)13(8-14)15-9-11(3)12-6-7-12/h10-13,15H,4-9,14H2,1-3H3. The molecule has 3 N–H and O–H groups in total. The molecule has 0 aliphatic heterocycles. The van der Waals surface area contributed by atoms with E-state index in [1.165, 1.54) is 25.7 Å². The maximum absolute atomic E-state index is 5.82. The molecule has 3 atom stereocenters. The van der Waals surface area contributed by atoms with Crippen LogP contribution >= 0.6 is 0 Å². The van der Waals surface area contributed by atoms with Crippen LogP contribution in [0.1, 0.15) is 46.5 Å². The third kappa shape index (κ3) is 4.52. The summed E-state index contributed by atoms with van der Waals surface area (Å²) in [6.07, 6.45) is 5.44. The molecular weight excluding hydrogens is 184 g/mol. The zero-order valence-corrected chi connectivity index (χ0v) is 10.6. The summed E-state index contributed by atoms with van der Waals surface area (Å²) in [6, 6.07) is 0.520. The normalized spacial score (nSPS) is 22.4. The molecule has 0 heterocycles. The Bertz CT molecular complexity index is 166. The van der Waals surface area contributed by atoms with Gasteiger partial charge in [-0.3, -0.25) is 0 Å². The first-order valence-electron chi connectivity index (χ1n) is 6.62. The highest BCUT2D eigenvalue weighted by Crippen LogP contribution is 2.36. The number of hydrogen-bond acceptors (Lipinski definition) is 2. The Morgan fingerprint density at radius 2 is 2.00 bits per heavy atom. The molecule has 15 heavy (non-hydrogen) atoms. The number of nitrogens with two attached hydrogens (primary N) is 1. The van der Waals surface area contributed by atoms with Crippen molar-refractivity contribution >= 4 is 0 Å². The summed E-state index contributed by atoms with van der Waals surface area (Å²) in [5.74, 6) is 2.55. The summed E-state index contributed by atoms with van der Waals surface area (Å²) >= 11 is 0. The van der Waals surface area contributed by atoms with Crippen LogP contribution < -0.4 is 11.1 Å². The van der Waals surface area contributed by atoms with Crippen LogP contribution in [0.3, 0.4) is 0 Å². The van der Waals surface area contributed by atoms with E-state index in [-0.39, 0.29) is 0 Å². The lowest BCUT2D eigenvalue weighted by atomic mass is 9.96. The van der Waals surface area contributed by atoms with Crippen LogP contribution in [-0.4, -0.2) is 19.1 Å². The van der Waals surface area contributed by atoms with Crippen LogP contribution in [0.2, 0.25) is 0 Å². The molecule has 1 saturated carbocycles. The third-order valence-corrected chi connectivity index (χ3v) is 3.81. The van der Waals surface area contributed by atoms with Gasteiger partial charge in [0.15, 0.2) is 0 Å². The van der Waals surface area contributed by atoms with Crippen molar-refractivity contribution in [2.45, 2.75) is 52.5 Å². The van der Waals surface area contributed by atoms with E-state index in [9.17, 15) is 0 Å². The SMILES string of the molecule is CCCC(C)C(CN)NCC(C)C1CC1. The first kappa shape index (κ1) is 13.0. The van der Waals surface area contributed by atoms with Crippen LogP contribution in [0.4, 0.5) is 0 Å². The predicted octanol–water partition coefficient (Wildman–Crippen LogP) is 2.39. The van der Waals surface area contributed by atoms with Gasteiger partial charge in [-0.2, -0.15) is 0 Å². The van der Waals surface area contributed by atoms with E-state index in [4.69, 9.17) is 5.73 Å². The van der Waals surface area contributed by atoms with Crippen LogP contribution in [0, 0.1) is 17.8 Å². The average molecular weight is 212 g/mol. The number of hydrogen-bond donors (Lipinski definition) is 2. The smallest absolute Gasteiger partial charge is 0.0215 e. The Hall–Kier alpha value is -0.0800. The Morgan fingerprint density at radius 1 is 1.33 bits per heavy atom. The fourth-order valence-corrected chi connectivity index (χ4v) is 2.34. The van der Waals surface area contributed by atoms with Gasteiger partial charge >= 0.3 is 0 Å². The molecule has 2 nitrogen and oxygen atoms in total. The predicted molar refractivity (Wildman–Crippen MR) is 66.8 cm³/mol. The van der Waals surface area contributed by atoms with Crippen LogP contribution in [0.25, 0.3) is 0 Å². The molecule has 1 rings (SSSR count). The molecule has 0 radical (unpaired) electrons. The van der Waals surface area contributed by atoms with E-state index in [0.29, 0.717) is 12.0 Å². The maximum atomic E-state index is 5.82. The van der Waals surface area contributed by atoms with Gasteiger partial charge < -0.3 is 11.1 Å². The second-order valence-corrected chi connectivity index (χ2v) is 5.33. The highest BCUT2D eigenvalue weighted by atomic mass is 14.9. The Kier molecular flexibility index (Phi) is 5.62. The Morgan fingerprint density at radius 3 is 2.47 bits per heavy atom. The molecule has 0 spiro atoms. The van der Waals surface area contributed by atoms with E-state index in [2.05, 4.69) is 26.1 Å². The fourth-order valence-electron chi connectivity index (χ4n) is 2.34. The highest BCUT2D eigenvalue weighted by molar-refractivity contribution is 4.82. The van der Waals surface area contributed by atoms with Gasteiger partial charge in [0.2, 0.25) is 0 Å². The van der Waals surface area contributed by atoms with Gasteiger partial charge in [-0.1, -0.05) is 27.2 Å². The molecular formula is C13H28N2. The molecule has 3 unspecified atom stereocenters. The fraction of sp³-hybridized carbons (Fsp3) is 1.00. The Balaban J connectivity index is 2.19. The summed E-state index contributed by atoms with van der Waals surface area (Å²) < 4.78 is 0. The molecule has 0 aromatic carbocycles. The van der Waals surface area contributed by atoms with E-state index < -0.39 is 0 Å². The number of nitrogens with one attached hydrogen (secondary N) is 1. The van der Waals surface area contributed by atoms with Crippen molar-refractivity contribution < 1.29 is 0 Å². The minimum absolute atomic E-state index is 0.520. The minimum atomic E-state index is 0.520. The van der Waals surface area contributed by atoms with Gasteiger partial charge in [-0.15, -0.1) is 0 Å². The molecule has 0 aromatic heterocycles. The zero-order chi connectivity index (χ0) is 11.3. The van der Waals surface area contributed by atoms with Gasteiger partial charge in [0, 0.05) is 12.6 Å². The third-order valence-electron chi connectivity index (χ3n) is 3.81. The molecule has 0 bridgehead atoms. The summed E-state index contributed by atoms with van der Waals surface area (Å²) in [5.41, 5.74) is 5.82. The van der Waals surface area contributed by atoms with Gasteiger partial charge in [0.1, 0.15) is 0 Å². The molecule has 0 aromatic rings. The van der Waals surface area contributed by atoms with Crippen molar-refractivity contribution in [2.75, 3.05) is 13.1 Å². The summed E-state index contributed by atoms with van der Waals surface area (Å²) in [6.45, 7) is 8.86. The lowest BCUT2D eigenvalue weighted by molar-refractivity contribution is 0.331. The van der Waals surface area contributed by atoms with E-state index in [1.807, 2.05) is 0 Å². The summed E-state index contributed by atoms with van der Waals surface area (Å²) in [4.78, 5) is 0. The zero-order valence-electron chi connectivity index (χ0n) is 10.6. The van der Waals surface area contributed by atoms with E-state index >= 15 is 0 Å². The van der Waals surface area contributed by atoms with Crippen molar-refractivity contribution in [3.8, 4) is 0 Å². The largest absolute Gasteiger partial charge is 0.329 e. The monoisotopic (exact) mass is 212 g/mol. The van der Waals surface area contributed by atoms with Gasteiger partial charge in [-0.05, 0) is 43.6 Å². The lowest BCUT2D eigenvalue weighted by Crippen LogP contribution is -2.43. The quantitative estimate of drug-likeness (QED) is 0.648. The first-order chi connectivity index (χ1) is 7.19. The highest BCUT2D eigenvalue weighted by Gasteiger charge is 2.28. The first-order valence-corrected chi connectivity index (χ1v) is 6.62. The lowest BCUT2D eigenvalue weighted by Gasteiger charge is -2.25.